The van der Waals surface area contributed by atoms with Gasteiger partial charge in [0.05, 0.1) is 12.7 Å². The van der Waals surface area contributed by atoms with Crippen LogP contribution in [-0.2, 0) is 13.6 Å². The Morgan fingerprint density at radius 2 is 1.48 bits per heavy atom. The smallest absolute Gasteiger partial charge is 0.192 e. The third kappa shape index (κ3) is 10.6. The summed E-state index contributed by atoms with van der Waals surface area (Å²) in [6.45, 7) is 21.9. The van der Waals surface area contributed by atoms with Crippen LogP contribution in [0.3, 0.4) is 0 Å². The summed E-state index contributed by atoms with van der Waals surface area (Å²) < 4.78 is 13.3. The Morgan fingerprint density at radius 3 is 1.90 bits per heavy atom. The molecular formula is C26H49O3Si2-. The zero-order chi connectivity index (χ0) is 24.0. The highest BCUT2D eigenvalue weighted by Gasteiger charge is 2.32. The molecule has 1 atom stereocenters. The van der Waals surface area contributed by atoms with E-state index in [1.54, 1.807) is 0 Å². The maximum atomic E-state index is 11.3. The van der Waals surface area contributed by atoms with Crippen LogP contribution in [0.1, 0.15) is 68.2 Å². The third-order valence-corrected chi connectivity index (χ3v) is 16.2. The van der Waals surface area contributed by atoms with E-state index >= 15 is 0 Å². The van der Waals surface area contributed by atoms with Crippen LogP contribution in [0.15, 0.2) is 36.5 Å². The molecule has 0 bridgehead atoms. The van der Waals surface area contributed by atoms with Gasteiger partial charge in [0.15, 0.2) is 16.6 Å². The largest absolute Gasteiger partial charge is 0.541 e. The lowest BCUT2D eigenvalue weighted by Gasteiger charge is -2.33. The van der Waals surface area contributed by atoms with E-state index in [0.717, 1.165) is 49.1 Å². The van der Waals surface area contributed by atoms with E-state index in [1.807, 2.05) is 26.0 Å². The number of rotatable bonds is 18. The fraction of sp³-hybridized carbons (Fsp3) is 0.731. The molecule has 1 unspecified atom stereocenters. The molecule has 0 spiro atoms. The van der Waals surface area contributed by atoms with Gasteiger partial charge in [-0.05, 0) is 49.1 Å². The lowest BCUT2D eigenvalue weighted by molar-refractivity contribution is 0.230. The first-order chi connectivity index (χ1) is 14.6. The number of allylic oxidation sites excluding steroid dienone is 2. The van der Waals surface area contributed by atoms with Crippen LogP contribution in [0.25, 0.3) is 0 Å². The Hall–Kier alpha value is -0.756. The highest BCUT2D eigenvalue weighted by Crippen LogP contribution is 2.28. The molecule has 0 aromatic heterocycles. The van der Waals surface area contributed by atoms with Crippen molar-refractivity contribution in [3.05, 3.63) is 36.5 Å². The van der Waals surface area contributed by atoms with Crippen molar-refractivity contribution >= 4 is 22.9 Å². The molecule has 0 aromatic rings. The summed E-state index contributed by atoms with van der Waals surface area (Å²) >= 11 is 0. The van der Waals surface area contributed by atoms with Crippen molar-refractivity contribution in [1.29, 1.82) is 0 Å². The molecule has 3 nitrogen and oxygen atoms in total. The molecule has 0 amide bonds. The first kappa shape index (κ1) is 30.2. The fourth-order valence-electron chi connectivity index (χ4n) is 3.94. The van der Waals surface area contributed by atoms with Crippen molar-refractivity contribution in [2.45, 2.75) is 111 Å². The van der Waals surface area contributed by atoms with Crippen molar-refractivity contribution in [1.82, 2.24) is 0 Å². The van der Waals surface area contributed by atoms with Gasteiger partial charge >= 0.3 is 0 Å². The lowest BCUT2D eigenvalue weighted by atomic mass is 9.94. The van der Waals surface area contributed by atoms with Gasteiger partial charge in [0, 0.05) is 0 Å². The minimum Gasteiger partial charge on any atom is -0.541 e. The van der Waals surface area contributed by atoms with E-state index < -0.39 is 22.0 Å². The Balaban J connectivity index is 5.69. The molecule has 31 heavy (non-hydrogen) atoms. The quantitative estimate of drug-likeness (QED) is 0.117. The summed E-state index contributed by atoms with van der Waals surface area (Å²) in [5.74, 6) is 0. The zero-order valence-corrected chi connectivity index (χ0v) is 23.7. The molecule has 0 N–H and O–H groups in total. The summed E-state index contributed by atoms with van der Waals surface area (Å²) in [6.07, 6.45) is 12.0. The summed E-state index contributed by atoms with van der Waals surface area (Å²) in [6, 6.07) is 6.80. The van der Waals surface area contributed by atoms with E-state index in [2.05, 4.69) is 66.6 Å². The predicted octanol–water partition coefficient (Wildman–Crippen LogP) is 7.98. The van der Waals surface area contributed by atoms with Crippen molar-refractivity contribution in [2.24, 2.45) is 5.41 Å². The monoisotopic (exact) mass is 465 g/mol. The van der Waals surface area contributed by atoms with Crippen LogP contribution in [0, 0.1) is 5.41 Å². The van der Waals surface area contributed by atoms with Gasteiger partial charge in [-0.1, -0.05) is 79.2 Å². The Bertz CT molecular complexity index is 557. The predicted molar refractivity (Wildman–Crippen MR) is 141 cm³/mol. The van der Waals surface area contributed by atoms with Gasteiger partial charge in [0.25, 0.3) is 0 Å². The molecule has 5 heteroatoms. The number of hydrogen-bond acceptors (Lipinski definition) is 3. The van der Waals surface area contributed by atoms with Crippen molar-refractivity contribution < 1.29 is 13.6 Å². The zero-order valence-electron chi connectivity index (χ0n) is 21.7. The second-order valence-electron chi connectivity index (χ2n) is 9.20. The van der Waals surface area contributed by atoms with Crippen LogP contribution in [0.2, 0.25) is 36.3 Å². The van der Waals surface area contributed by atoms with E-state index in [1.165, 1.54) is 5.57 Å². The van der Waals surface area contributed by atoms with Gasteiger partial charge in [-0.3, -0.25) is 6.29 Å². The van der Waals surface area contributed by atoms with Crippen molar-refractivity contribution in [3.63, 3.8) is 0 Å². The van der Waals surface area contributed by atoms with Crippen molar-refractivity contribution in [3.8, 4) is 0 Å². The molecule has 0 saturated heterocycles. The van der Waals surface area contributed by atoms with Crippen molar-refractivity contribution in [2.75, 3.05) is 6.61 Å². The van der Waals surface area contributed by atoms with Crippen LogP contribution in [0.4, 0.5) is 0 Å². The average molecular weight is 466 g/mol. The number of hydrogen-bond donors (Lipinski definition) is 0. The molecule has 0 saturated carbocycles. The molecule has 0 aromatic carbocycles. The maximum Gasteiger partial charge on any atom is 0.192 e. The minimum atomic E-state index is -1.78. The van der Waals surface area contributed by atoms with Gasteiger partial charge in [-0.15, -0.1) is 18.1 Å². The first-order valence-corrected chi connectivity index (χ1v) is 17.4. The standard InChI is InChI=1S/C26H49O3Si2/c1-10-17-24(19-21-28-30(11-2,12-3)13-4)22-25(18-20-26(8,9)23-27)29-31(14-5,15-6)16-7/h10,18-20,25H,1,11-17,21-22H2,2-9H3/q-1/b20-18+,24-19+. The Labute approximate surface area is 195 Å². The summed E-state index contributed by atoms with van der Waals surface area (Å²) in [7, 11) is -3.38. The summed E-state index contributed by atoms with van der Waals surface area (Å²) in [4.78, 5) is 11.3. The second kappa shape index (κ2) is 15.1. The van der Waals surface area contributed by atoms with Gasteiger partial charge in [-0.25, -0.2) is 0 Å². The van der Waals surface area contributed by atoms with E-state index in [9.17, 15) is 4.79 Å². The van der Waals surface area contributed by atoms with Gasteiger partial charge in [0.1, 0.15) is 0 Å². The van der Waals surface area contributed by atoms with Gasteiger partial charge in [0.2, 0.25) is 0 Å². The van der Waals surface area contributed by atoms with Crippen LogP contribution < -0.4 is 0 Å². The van der Waals surface area contributed by atoms with Crippen LogP contribution in [-0.4, -0.2) is 35.6 Å². The first-order valence-electron chi connectivity index (χ1n) is 12.3. The van der Waals surface area contributed by atoms with Gasteiger partial charge < -0.3 is 13.6 Å². The molecule has 0 aliphatic rings. The van der Waals surface area contributed by atoms with E-state index in [-0.39, 0.29) is 6.10 Å². The summed E-state index contributed by atoms with van der Waals surface area (Å²) in [5.41, 5.74) is 0.700. The maximum absolute atomic E-state index is 11.3. The number of carbonyl (C=O) groups excluding carboxylic acids is 1. The molecule has 0 rings (SSSR count). The molecule has 0 heterocycles. The van der Waals surface area contributed by atoms with E-state index in [4.69, 9.17) is 8.85 Å². The lowest BCUT2D eigenvalue weighted by Crippen LogP contribution is -2.39. The third-order valence-electron chi connectivity index (χ3n) is 6.89. The average Bonchev–Trinajstić information content (AvgIpc) is 2.79. The summed E-state index contributed by atoms with van der Waals surface area (Å²) in [5, 5.41) is 0. The topological polar surface area (TPSA) is 35.5 Å². The Morgan fingerprint density at radius 1 is 0.968 bits per heavy atom. The molecular weight excluding hydrogens is 416 g/mol. The fourth-order valence-corrected chi connectivity index (χ4v) is 9.29. The SMILES string of the molecule is C=CC/C(=C\CO[Si](CC)(CC)CC)CC(/C=C/C(C)(C)[C-]=O)O[Si](CC)(CC)CC. The van der Waals surface area contributed by atoms with Gasteiger partial charge in [-0.2, -0.15) is 0 Å². The minimum absolute atomic E-state index is 0.0316. The van der Waals surface area contributed by atoms with Crippen LogP contribution >= 0.6 is 0 Å². The molecule has 180 valence electrons. The highest BCUT2D eigenvalue weighted by atomic mass is 28.4. The molecule has 0 fully saturated rings. The van der Waals surface area contributed by atoms with E-state index in [0.29, 0.717) is 6.61 Å². The second-order valence-corrected chi connectivity index (χ2v) is 18.7. The molecule has 0 radical (unpaired) electrons. The molecule has 0 aliphatic heterocycles. The molecule has 0 aliphatic carbocycles. The normalized spacial score (nSPS) is 14.8. The Kier molecular flexibility index (Phi) is 14.8. The highest BCUT2D eigenvalue weighted by molar-refractivity contribution is 6.74. The van der Waals surface area contributed by atoms with Crippen LogP contribution in [0.5, 0.6) is 0 Å².